The summed E-state index contributed by atoms with van der Waals surface area (Å²) in [5.74, 6) is 0. The normalized spacial score (nSPS) is 10.5. The molecule has 0 N–H and O–H groups in total. The maximum atomic E-state index is 11.4. The highest BCUT2D eigenvalue weighted by Gasteiger charge is 2.04. The van der Waals surface area contributed by atoms with E-state index in [-0.39, 0.29) is 21.7 Å². The molecule has 0 spiro atoms. The Balaban J connectivity index is 3.29. The van der Waals surface area contributed by atoms with Gasteiger partial charge in [-0.1, -0.05) is 0 Å². The first kappa shape index (κ1) is 7.79. The van der Waals surface area contributed by atoms with Crippen molar-refractivity contribution >= 4 is 0 Å². The minimum Gasteiger partial charge on any atom is -0.454 e. The SMILES string of the molecule is Cc1cc(=O)c2occoc=2c1=O. The second-order valence-electron chi connectivity index (χ2n) is 2.69. The van der Waals surface area contributed by atoms with Crippen molar-refractivity contribution in [1.29, 1.82) is 0 Å². The molecule has 1 aliphatic heterocycles. The summed E-state index contributed by atoms with van der Waals surface area (Å²) in [5.41, 5.74) is -0.330. The van der Waals surface area contributed by atoms with Crippen LogP contribution in [0.3, 0.4) is 0 Å². The van der Waals surface area contributed by atoms with Crippen molar-refractivity contribution in [2.75, 3.05) is 0 Å². The molecule has 0 aromatic rings. The number of hydrogen-bond donors (Lipinski definition) is 0. The zero-order valence-electron chi connectivity index (χ0n) is 6.87. The molecule has 0 saturated heterocycles. The summed E-state index contributed by atoms with van der Waals surface area (Å²) in [5, 5.41) is 0. The van der Waals surface area contributed by atoms with Crippen LogP contribution >= 0.6 is 0 Å². The minimum atomic E-state index is -0.337. The van der Waals surface area contributed by atoms with Gasteiger partial charge in [0, 0.05) is 5.56 Å². The third-order valence-electron chi connectivity index (χ3n) is 1.77. The van der Waals surface area contributed by atoms with Crippen LogP contribution in [0.15, 0.2) is 37.0 Å². The first-order valence-electron chi connectivity index (χ1n) is 3.70. The van der Waals surface area contributed by atoms with Gasteiger partial charge in [0.15, 0.2) is 0 Å². The lowest BCUT2D eigenvalue weighted by Gasteiger charge is -1.90. The molecule has 66 valence electrons. The van der Waals surface area contributed by atoms with Crippen LogP contribution in [0.25, 0.3) is 0 Å². The Morgan fingerprint density at radius 3 is 2.38 bits per heavy atom. The summed E-state index contributed by atoms with van der Waals surface area (Å²) in [7, 11) is 0. The van der Waals surface area contributed by atoms with Crippen LogP contribution in [-0.4, -0.2) is 0 Å². The van der Waals surface area contributed by atoms with Crippen molar-refractivity contribution in [3.05, 3.63) is 55.4 Å². The highest BCUT2D eigenvalue weighted by Crippen LogP contribution is 1.92. The molecule has 0 fully saturated rings. The van der Waals surface area contributed by atoms with Crippen LogP contribution in [0.4, 0.5) is 0 Å². The zero-order chi connectivity index (χ0) is 9.42. The van der Waals surface area contributed by atoms with Crippen LogP contribution < -0.4 is 10.9 Å². The van der Waals surface area contributed by atoms with Crippen molar-refractivity contribution in [1.82, 2.24) is 0 Å². The minimum absolute atomic E-state index is 0.0208. The van der Waals surface area contributed by atoms with E-state index >= 15 is 0 Å². The highest BCUT2D eigenvalue weighted by atomic mass is 16.4. The molecule has 0 radical (unpaired) electrons. The smallest absolute Gasteiger partial charge is 0.228 e. The highest BCUT2D eigenvalue weighted by molar-refractivity contribution is 5.12. The van der Waals surface area contributed by atoms with Crippen molar-refractivity contribution in [3.63, 3.8) is 0 Å². The Hall–Kier alpha value is -1.84. The first-order valence-corrected chi connectivity index (χ1v) is 3.70. The third-order valence-corrected chi connectivity index (χ3v) is 1.77. The quantitative estimate of drug-likeness (QED) is 0.593. The molecule has 0 unspecified atom stereocenters. The predicted molar refractivity (Wildman–Crippen MR) is 43.6 cm³/mol. The Morgan fingerprint density at radius 1 is 1.08 bits per heavy atom. The molecule has 0 amide bonds. The topological polar surface area (TPSA) is 60.4 Å². The van der Waals surface area contributed by atoms with E-state index < -0.39 is 0 Å². The Kier molecular flexibility index (Phi) is 1.55. The van der Waals surface area contributed by atoms with Gasteiger partial charge >= 0.3 is 0 Å². The lowest BCUT2D eigenvalue weighted by Crippen LogP contribution is -2.15. The van der Waals surface area contributed by atoms with Gasteiger partial charge in [-0.3, -0.25) is 9.59 Å². The van der Waals surface area contributed by atoms with Crippen molar-refractivity contribution in [2.45, 2.75) is 6.92 Å². The molecular formula is C9H6O4. The molecule has 0 aromatic heterocycles. The lowest BCUT2D eigenvalue weighted by atomic mass is 10.2. The van der Waals surface area contributed by atoms with Gasteiger partial charge in [-0.15, -0.1) is 0 Å². The molecule has 0 bridgehead atoms. The van der Waals surface area contributed by atoms with Crippen molar-refractivity contribution < 1.29 is 8.83 Å². The van der Waals surface area contributed by atoms with E-state index in [0.717, 1.165) is 0 Å². The average Bonchev–Trinajstić information content (AvgIpc) is 2.15. The van der Waals surface area contributed by atoms with E-state index in [2.05, 4.69) is 0 Å². The summed E-state index contributed by atoms with van der Waals surface area (Å²) in [6, 6.07) is 1.24. The van der Waals surface area contributed by atoms with E-state index in [1.807, 2.05) is 0 Å². The maximum absolute atomic E-state index is 11.4. The predicted octanol–water partition coefficient (Wildman–Crippen LogP) is 0.626. The van der Waals surface area contributed by atoms with E-state index in [1.165, 1.54) is 18.6 Å². The van der Waals surface area contributed by atoms with E-state index in [1.54, 1.807) is 6.92 Å². The molecule has 2 rings (SSSR count). The second-order valence-corrected chi connectivity index (χ2v) is 2.69. The van der Waals surface area contributed by atoms with Gasteiger partial charge in [0.25, 0.3) is 0 Å². The molecule has 1 aliphatic carbocycles. The van der Waals surface area contributed by atoms with Gasteiger partial charge in [0.2, 0.25) is 21.7 Å². The Morgan fingerprint density at radius 2 is 1.69 bits per heavy atom. The fourth-order valence-corrected chi connectivity index (χ4v) is 1.13. The Bertz CT molecular complexity index is 605. The van der Waals surface area contributed by atoms with Gasteiger partial charge in [0.05, 0.1) is 0 Å². The van der Waals surface area contributed by atoms with Crippen LogP contribution in [0.1, 0.15) is 5.56 Å². The van der Waals surface area contributed by atoms with Gasteiger partial charge in [-0.05, 0) is 13.0 Å². The monoisotopic (exact) mass is 178 g/mol. The van der Waals surface area contributed by atoms with Gasteiger partial charge in [-0.25, -0.2) is 0 Å². The fourth-order valence-electron chi connectivity index (χ4n) is 1.13. The van der Waals surface area contributed by atoms with E-state index in [4.69, 9.17) is 8.83 Å². The molecule has 2 aliphatic rings. The largest absolute Gasteiger partial charge is 0.454 e. The van der Waals surface area contributed by atoms with Crippen molar-refractivity contribution in [3.8, 4) is 0 Å². The van der Waals surface area contributed by atoms with Crippen LogP contribution in [-0.2, 0) is 0 Å². The molecule has 0 aromatic carbocycles. The molecule has 4 heteroatoms. The van der Waals surface area contributed by atoms with Crippen LogP contribution in [0.2, 0.25) is 0 Å². The molecule has 4 nitrogen and oxygen atoms in total. The van der Waals surface area contributed by atoms with E-state index in [9.17, 15) is 9.59 Å². The fraction of sp³-hybridized carbons (Fsp3) is 0.111. The van der Waals surface area contributed by atoms with Crippen LogP contribution in [0.5, 0.6) is 0 Å². The second kappa shape index (κ2) is 2.58. The summed E-state index contributed by atoms with van der Waals surface area (Å²) >= 11 is 0. The summed E-state index contributed by atoms with van der Waals surface area (Å²) < 4.78 is 9.77. The van der Waals surface area contributed by atoms with Crippen molar-refractivity contribution in [2.24, 2.45) is 0 Å². The van der Waals surface area contributed by atoms with Crippen LogP contribution in [0, 0.1) is 17.8 Å². The lowest BCUT2D eigenvalue weighted by molar-refractivity contribution is 0.404. The number of hydrogen-bond acceptors (Lipinski definition) is 4. The molecule has 0 atom stereocenters. The van der Waals surface area contributed by atoms with Gasteiger partial charge in [-0.2, -0.15) is 0 Å². The molecule has 13 heavy (non-hydrogen) atoms. The molecule has 1 heterocycles. The summed E-state index contributed by atoms with van der Waals surface area (Å²) in [4.78, 5) is 22.6. The van der Waals surface area contributed by atoms with Gasteiger partial charge in [0.1, 0.15) is 12.5 Å². The number of rotatable bonds is 0. The standard InChI is InChI=1S/C9H6O4/c1-5-4-6(10)8-9(7(5)11)13-3-2-12-8/h2-4H,1H3. The van der Waals surface area contributed by atoms with Gasteiger partial charge < -0.3 is 8.83 Å². The van der Waals surface area contributed by atoms with E-state index in [0.29, 0.717) is 5.56 Å². The molecular weight excluding hydrogens is 172 g/mol. The average molecular weight is 178 g/mol. The Labute approximate surface area is 72.1 Å². The zero-order valence-corrected chi connectivity index (χ0v) is 6.87. The summed E-state index contributed by atoms with van der Waals surface area (Å²) in [6.45, 7) is 1.56. The first-order chi connectivity index (χ1) is 6.20. The molecule has 0 saturated carbocycles. The number of aryl methyl sites for hydroxylation is 1. The maximum Gasteiger partial charge on any atom is 0.228 e. The summed E-state index contributed by atoms with van der Waals surface area (Å²) in [6.07, 6.45) is 2.45. The third kappa shape index (κ3) is 1.07.